The van der Waals surface area contributed by atoms with Gasteiger partial charge in [-0.05, 0) is 37.3 Å². The molecule has 0 fully saturated rings. The molecule has 0 spiro atoms. The number of hydrogen-bond donors (Lipinski definition) is 1. The molecule has 2 aromatic rings. The normalized spacial score (nSPS) is 10.4. The van der Waals surface area contributed by atoms with Crippen LogP contribution in [0.5, 0.6) is 0 Å². The van der Waals surface area contributed by atoms with E-state index in [2.05, 4.69) is 21.4 Å². The van der Waals surface area contributed by atoms with Crippen LogP contribution in [0.25, 0.3) is 0 Å². The molecule has 2 rings (SSSR count). The van der Waals surface area contributed by atoms with Crippen molar-refractivity contribution in [2.24, 2.45) is 0 Å². The predicted octanol–water partition coefficient (Wildman–Crippen LogP) is 3.46. The quantitative estimate of drug-likeness (QED) is 0.860. The Morgan fingerprint density at radius 1 is 1.47 bits per heavy atom. The fraction of sp³-hybridized carbons (Fsp3) is 0.308. The average Bonchev–Trinajstić information content (AvgIpc) is 2.80. The minimum absolute atomic E-state index is 0.0850. The van der Waals surface area contributed by atoms with Crippen LogP contribution in [-0.4, -0.2) is 15.9 Å². The molecular weight excluding hydrogens is 282 g/mol. The van der Waals surface area contributed by atoms with E-state index in [1.165, 1.54) is 4.88 Å². The Kier molecular flexibility index (Phi) is 4.87. The lowest BCUT2D eigenvalue weighted by atomic mass is 10.2. The zero-order chi connectivity index (χ0) is 13.7. The Bertz CT molecular complexity index is 537. The molecule has 0 saturated carbocycles. The standard InChI is InChI=1S/C13H14ClN3OS/c1-9-8-11(14)16-13(15-9)17-12(18)6-2-4-10-5-3-7-19-10/h3,5,7-8H,2,4,6H2,1H3,(H,15,16,17,18). The molecule has 1 amide bonds. The van der Waals surface area contributed by atoms with Gasteiger partial charge in [0.25, 0.3) is 0 Å². The van der Waals surface area contributed by atoms with Gasteiger partial charge >= 0.3 is 0 Å². The maximum absolute atomic E-state index is 11.7. The summed E-state index contributed by atoms with van der Waals surface area (Å²) in [5.41, 5.74) is 0.730. The van der Waals surface area contributed by atoms with Crippen molar-refractivity contribution in [2.45, 2.75) is 26.2 Å². The number of nitrogens with one attached hydrogen (secondary N) is 1. The third-order valence-corrected chi connectivity index (χ3v) is 3.61. The van der Waals surface area contributed by atoms with Crippen molar-refractivity contribution in [1.29, 1.82) is 0 Å². The van der Waals surface area contributed by atoms with E-state index in [0.717, 1.165) is 18.5 Å². The van der Waals surface area contributed by atoms with Crippen LogP contribution in [0.15, 0.2) is 23.6 Å². The van der Waals surface area contributed by atoms with Gasteiger partial charge in [-0.1, -0.05) is 17.7 Å². The first-order valence-electron chi connectivity index (χ1n) is 5.97. The summed E-state index contributed by atoms with van der Waals surface area (Å²) >= 11 is 7.51. The summed E-state index contributed by atoms with van der Waals surface area (Å²) < 4.78 is 0. The average molecular weight is 296 g/mol. The molecule has 0 aromatic carbocycles. The van der Waals surface area contributed by atoms with Gasteiger partial charge in [0, 0.05) is 17.0 Å². The molecule has 1 N–H and O–H groups in total. The molecule has 0 saturated heterocycles. The molecule has 0 bridgehead atoms. The fourth-order valence-electron chi connectivity index (χ4n) is 1.65. The van der Waals surface area contributed by atoms with Gasteiger partial charge in [-0.25, -0.2) is 9.97 Å². The molecule has 19 heavy (non-hydrogen) atoms. The minimum atomic E-state index is -0.0850. The molecule has 6 heteroatoms. The highest BCUT2D eigenvalue weighted by atomic mass is 35.5. The first-order chi connectivity index (χ1) is 9.13. The number of rotatable bonds is 5. The highest BCUT2D eigenvalue weighted by molar-refractivity contribution is 7.09. The lowest BCUT2D eigenvalue weighted by Gasteiger charge is -2.04. The van der Waals surface area contributed by atoms with Crippen molar-refractivity contribution in [3.8, 4) is 0 Å². The summed E-state index contributed by atoms with van der Waals surface area (Å²) in [5.74, 6) is 0.185. The molecule has 0 aliphatic rings. The van der Waals surface area contributed by atoms with E-state index in [-0.39, 0.29) is 11.9 Å². The van der Waals surface area contributed by atoms with E-state index in [1.54, 1.807) is 24.3 Å². The SMILES string of the molecule is Cc1cc(Cl)nc(NC(=O)CCCc2cccs2)n1. The predicted molar refractivity (Wildman–Crippen MR) is 77.7 cm³/mol. The number of nitrogens with zero attached hydrogens (tertiary/aromatic N) is 2. The van der Waals surface area contributed by atoms with Gasteiger partial charge in [0.1, 0.15) is 5.15 Å². The Morgan fingerprint density at radius 3 is 3.00 bits per heavy atom. The van der Waals surface area contributed by atoms with Gasteiger partial charge in [0.2, 0.25) is 11.9 Å². The smallest absolute Gasteiger partial charge is 0.231 e. The highest BCUT2D eigenvalue weighted by Crippen LogP contribution is 2.13. The zero-order valence-electron chi connectivity index (χ0n) is 10.5. The number of halogens is 1. The molecule has 2 heterocycles. The summed E-state index contributed by atoms with van der Waals surface area (Å²) in [5, 5.41) is 5.04. The number of carbonyl (C=O) groups is 1. The van der Waals surface area contributed by atoms with Crippen LogP contribution in [0, 0.1) is 6.92 Å². The van der Waals surface area contributed by atoms with E-state index in [0.29, 0.717) is 11.6 Å². The van der Waals surface area contributed by atoms with Gasteiger partial charge in [-0.3, -0.25) is 10.1 Å². The summed E-state index contributed by atoms with van der Waals surface area (Å²) in [6.07, 6.45) is 2.18. The summed E-state index contributed by atoms with van der Waals surface area (Å²) in [6, 6.07) is 5.74. The van der Waals surface area contributed by atoms with Crippen LogP contribution in [0.2, 0.25) is 5.15 Å². The molecule has 0 atom stereocenters. The second kappa shape index (κ2) is 6.63. The van der Waals surface area contributed by atoms with E-state index < -0.39 is 0 Å². The lowest BCUT2D eigenvalue weighted by Crippen LogP contribution is -2.14. The van der Waals surface area contributed by atoms with Crippen molar-refractivity contribution in [2.75, 3.05) is 5.32 Å². The van der Waals surface area contributed by atoms with Crippen LogP contribution in [0.3, 0.4) is 0 Å². The van der Waals surface area contributed by atoms with Gasteiger partial charge in [-0.2, -0.15) is 0 Å². The Morgan fingerprint density at radius 2 is 2.32 bits per heavy atom. The third-order valence-electron chi connectivity index (χ3n) is 2.48. The van der Waals surface area contributed by atoms with Crippen LogP contribution in [0.1, 0.15) is 23.4 Å². The monoisotopic (exact) mass is 295 g/mol. The number of hydrogen-bond acceptors (Lipinski definition) is 4. The first kappa shape index (κ1) is 14.0. The van der Waals surface area contributed by atoms with Gasteiger partial charge in [0.05, 0.1) is 0 Å². The summed E-state index contributed by atoms with van der Waals surface area (Å²) in [6.45, 7) is 1.81. The van der Waals surface area contributed by atoms with Crippen molar-refractivity contribution in [3.63, 3.8) is 0 Å². The second-order valence-corrected chi connectivity index (χ2v) is 5.56. The number of aromatic nitrogens is 2. The number of anilines is 1. The van der Waals surface area contributed by atoms with Gasteiger partial charge < -0.3 is 0 Å². The van der Waals surface area contributed by atoms with Crippen LogP contribution < -0.4 is 5.32 Å². The number of carbonyl (C=O) groups excluding carboxylic acids is 1. The van der Waals surface area contributed by atoms with Gasteiger partial charge in [-0.15, -0.1) is 11.3 Å². The van der Waals surface area contributed by atoms with Crippen LogP contribution in [0.4, 0.5) is 5.95 Å². The van der Waals surface area contributed by atoms with Crippen LogP contribution >= 0.6 is 22.9 Å². The molecule has 0 aliphatic carbocycles. The molecular formula is C13H14ClN3OS. The Balaban J connectivity index is 1.80. The minimum Gasteiger partial charge on any atom is -0.294 e. The van der Waals surface area contributed by atoms with E-state index in [1.807, 2.05) is 11.4 Å². The first-order valence-corrected chi connectivity index (χ1v) is 7.22. The van der Waals surface area contributed by atoms with Gasteiger partial charge in [0.15, 0.2) is 0 Å². The molecule has 0 radical (unpaired) electrons. The maximum Gasteiger partial charge on any atom is 0.231 e. The van der Waals surface area contributed by atoms with E-state index in [4.69, 9.17) is 11.6 Å². The summed E-state index contributed by atoms with van der Waals surface area (Å²) in [4.78, 5) is 21.1. The highest BCUT2D eigenvalue weighted by Gasteiger charge is 2.06. The number of aryl methyl sites for hydroxylation is 2. The molecule has 0 unspecified atom stereocenters. The van der Waals surface area contributed by atoms with Crippen LogP contribution in [-0.2, 0) is 11.2 Å². The summed E-state index contributed by atoms with van der Waals surface area (Å²) in [7, 11) is 0. The maximum atomic E-state index is 11.7. The lowest BCUT2D eigenvalue weighted by molar-refractivity contribution is -0.116. The Labute approximate surface area is 120 Å². The van der Waals surface area contributed by atoms with Crippen molar-refractivity contribution < 1.29 is 4.79 Å². The number of thiophene rings is 1. The van der Waals surface area contributed by atoms with Crippen molar-refractivity contribution in [3.05, 3.63) is 39.3 Å². The van der Waals surface area contributed by atoms with E-state index in [9.17, 15) is 4.79 Å². The third kappa shape index (κ3) is 4.61. The second-order valence-electron chi connectivity index (χ2n) is 4.14. The van der Waals surface area contributed by atoms with E-state index >= 15 is 0 Å². The van der Waals surface area contributed by atoms with Crippen molar-refractivity contribution >= 4 is 34.8 Å². The fourth-order valence-corrected chi connectivity index (χ4v) is 2.64. The molecule has 0 aliphatic heterocycles. The van der Waals surface area contributed by atoms with Crippen molar-refractivity contribution in [1.82, 2.24) is 9.97 Å². The zero-order valence-corrected chi connectivity index (χ0v) is 12.1. The topological polar surface area (TPSA) is 54.9 Å². The number of amides is 1. The molecule has 100 valence electrons. The molecule has 2 aromatic heterocycles. The Hall–Kier alpha value is -1.46. The molecule has 4 nitrogen and oxygen atoms in total. The largest absolute Gasteiger partial charge is 0.294 e.